The van der Waals surface area contributed by atoms with E-state index in [0.717, 1.165) is 19.3 Å². The fourth-order valence-corrected chi connectivity index (χ4v) is 3.28. The third kappa shape index (κ3) is 2.56. The summed E-state index contributed by atoms with van der Waals surface area (Å²) in [5.74, 6) is 0.0139. The van der Waals surface area contributed by atoms with Gasteiger partial charge in [0.1, 0.15) is 11.2 Å². The van der Waals surface area contributed by atoms with Gasteiger partial charge in [0.15, 0.2) is 0 Å². The van der Waals surface area contributed by atoms with Crippen molar-refractivity contribution < 1.29 is 9.90 Å². The van der Waals surface area contributed by atoms with Gasteiger partial charge in [0.25, 0.3) is 5.91 Å². The van der Waals surface area contributed by atoms with Crippen LogP contribution in [0.2, 0.25) is 0 Å². The van der Waals surface area contributed by atoms with Crippen molar-refractivity contribution in [2.45, 2.75) is 25.4 Å². The molecule has 7 nitrogen and oxygen atoms in total. The summed E-state index contributed by atoms with van der Waals surface area (Å²) in [5, 5.41) is 25.4. The van der Waals surface area contributed by atoms with Crippen LogP contribution in [-0.2, 0) is 0 Å². The Balaban J connectivity index is 1.67. The van der Waals surface area contributed by atoms with Gasteiger partial charge in [-0.1, -0.05) is 6.42 Å². The molecule has 20 heavy (non-hydrogen) atoms. The fourth-order valence-electron chi connectivity index (χ4n) is 2.48. The van der Waals surface area contributed by atoms with Gasteiger partial charge in [0.2, 0.25) is 0 Å². The molecule has 1 amide bonds. The van der Waals surface area contributed by atoms with E-state index in [0.29, 0.717) is 17.1 Å². The van der Waals surface area contributed by atoms with Crippen molar-refractivity contribution in [1.82, 2.24) is 25.5 Å². The van der Waals surface area contributed by atoms with Crippen LogP contribution in [0.25, 0.3) is 5.69 Å². The van der Waals surface area contributed by atoms with Crippen molar-refractivity contribution in [3.8, 4) is 5.69 Å². The van der Waals surface area contributed by atoms with Crippen LogP contribution in [-0.4, -0.2) is 43.9 Å². The molecule has 1 fully saturated rings. The number of aliphatic hydroxyl groups excluding tert-OH is 1. The Kier molecular flexibility index (Phi) is 3.75. The minimum Gasteiger partial charge on any atom is -0.393 e. The standard InChI is InChI=1S/C12H15N5O2S/c18-10-3-1-2-8(10)6-13-12(19)11-9(4-5-20-11)17-7-14-15-16-17/h4-5,7-8,10,18H,1-3,6H2,(H,13,19). The molecule has 2 unspecified atom stereocenters. The van der Waals surface area contributed by atoms with Crippen molar-refractivity contribution >= 4 is 17.2 Å². The number of aromatic nitrogens is 4. The number of carbonyl (C=O) groups is 1. The molecule has 2 N–H and O–H groups in total. The molecule has 8 heteroatoms. The summed E-state index contributed by atoms with van der Waals surface area (Å²) in [7, 11) is 0. The molecular formula is C12H15N5O2S. The molecule has 0 saturated heterocycles. The quantitative estimate of drug-likeness (QED) is 0.861. The molecule has 0 spiro atoms. The molecule has 106 valence electrons. The number of nitrogens with zero attached hydrogens (tertiary/aromatic N) is 4. The smallest absolute Gasteiger partial charge is 0.263 e. The summed E-state index contributed by atoms with van der Waals surface area (Å²) in [6, 6.07) is 1.81. The number of carbonyl (C=O) groups excluding carboxylic acids is 1. The Labute approximate surface area is 119 Å². The molecule has 0 aromatic carbocycles. The number of rotatable bonds is 4. The Morgan fingerprint density at radius 1 is 1.55 bits per heavy atom. The van der Waals surface area contributed by atoms with E-state index >= 15 is 0 Å². The van der Waals surface area contributed by atoms with Crippen LogP contribution in [0.15, 0.2) is 17.8 Å². The second-order valence-electron chi connectivity index (χ2n) is 4.86. The van der Waals surface area contributed by atoms with Crippen LogP contribution < -0.4 is 5.32 Å². The first-order valence-corrected chi connectivity index (χ1v) is 7.41. The van der Waals surface area contributed by atoms with E-state index in [4.69, 9.17) is 0 Å². The van der Waals surface area contributed by atoms with Crippen LogP contribution in [0.1, 0.15) is 28.9 Å². The van der Waals surface area contributed by atoms with Gasteiger partial charge < -0.3 is 10.4 Å². The van der Waals surface area contributed by atoms with Crippen molar-refractivity contribution in [3.05, 3.63) is 22.7 Å². The number of tetrazole rings is 1. The first kappa shape index (κ1) is 13.2. The Hall–Kier alpha value is -1.80. The molecule has 0 radical (unpaired) electrons. The summed E-state index contributed by atoms with van der Waals surface area (Å²) < 4.78 is 1.47. The maximum atomic E-state index is 12.2. The number of nitrogens with one attached hydrogen (secondary N) is 1. The van der Waals surface area contributed by atoms with Crippen LogP contribution in [0.5, 0.6) is 0 Å². The zero-order valence-electron chi connectivity index (χ0n) is 10.8. The van der Waals surface area contributed by atoms with Gasteiger partial charge in [-0.15, -0.1) is 16.4 Å². The molecule has 0 aliphatic heterocycles. The average molecular weight is 293 g/mol. The molecule has 0 bridgehead atoms. The second-order valence-corrected chi connectivity index (χ2v) is 5.77. The van der Waals surface area contributed by atoms with Crippen molar-refractivity contribution in [2.75, 3.05) is 6.54 Å². The highest BCUT2D eigenvalue weighted by molar-refractivity contribution is 7.12. The maximum absolute atomic E-state index is 12.2. The Morgan fingerprint density at radius 2 is 2.45 bits per heavy atom. The molecule has 2 aromatic heterocycles. The van der Waals surface area contributed by atoms with Crippen LogP contribution in [0, 0.1) is 5.92 Å². The minimum absolute atomic E-state index is 0.149. The predicted octanol–water partition coefficient (Wildman–Crippen LogP) is 0.615. The minimum atomic E-state index is -0.294. The zero-order valence-corrected chi connectivity index (χ0v) is 11.6. The molecule has 2 aromatic rings. The Bertz CT molecular complexity index is 582. The van der Waals surface area contributed by atoms with Crippen molar-refractivity contribution in [2.24, 2.45) is 5.92 Å². The molecule has 2 heterocycles. The van der Waals surface area contributed by atoms with Gasteiger partial charge in [-0.05, 0) is 34.7 Å². The van der Waals surface area contributed by atoms with E-state index in [2.05, 4.69) is 20.8 Å². The highest BCUT2D eigenvalue weighted by Crippen LogP contribution is 2.25. The topological polar surface area (TPSA) is 92.9 Å². The molecule has 2 atom stereocenters. The highest BCUT2D eigenvalue weighted by atomic mass is 32.1. The van der Waals surface area contributed by atoms with Gasteiger partial charge in [-0.2, -0.15) is 4.68 Å². The van der Waals surface area contributed by atoms with E-state index in [-0.39, 0.29) is 17.9 Å². The number of hydrogen-bond acceptors (Lipinski definition) is 6. The van der Waals surface area contributed by atoms with Gasteiger partial charge in [0, 0.05) is 12.5 Å². The third-order valence-electron chi connectivity index (χ3n) is 3.59. The number of hydrogen-bond donors (Lipinski definition) is 2. The van der Waals surface area contributed by atoms with Crippen molar-refractivity contribution in [1.29, 1.82) is 0 Å². The highest BCUT2D eigenvalue weighted by Gasteiger charge is 2.26. The molecule has 1 aliphatic rings. The number of amides is 1. The molecule has 1 saturated carbocycles. The second kappa shape index (κ2) is 5.68. The molecular weight excluding hydrogens is 278 g/mol. The lowest BCUT2D eigenvalue weighted by molar-refractivity contribution is 0.0920. The van der Waals surface area contributed by atoms with E-state index in [1.807, 2.05) is 5.38 Å². The summed E-state index contributed by atoms with van der Waals surface area (Å²) in [5.41, 5.74) is 0.671. The van der Waals surface area contributed by atoms with Gasteiger partial charge >= 0.3 is 0 Å². The average Bonchev–Trinajstić information content (AvgIpc) is 3.17. The first-order chi connectivity index (χ1) is 9.75. The Morgan fingerprint density at radius 3 is 3.15 bits per heavy atom. The van der Waals surface area contributed by atoms with Gasteiger partial charge in [-0.25, -0.2) is 0 Å². The van der Waals surface area contributed by atoms with Gasteiger partial charge in [-0.3, -0.25) is 4.79 Å². The first-order valence-electron chi connectivity index (χ1n) is 6.53. The third-order valence-corrected chi connectivity index (χ3v) is 4.49. The van der Waals surface area contributed by atoms with E-state index < -0.39 is 0 Å². The van der Waals surface area contributed by atoms with Crippen LogP contribution in [0.4, 0.5) is 0 Å². The largest absolute Gasteiger partial charge is 0.393 e. The number of aliphatic hydroxyl groups is 1. The lowest BCUT2D eigenvalue weighted by Crippen LogP contribution is -2.32. The summed E-state index contributed by atoms with van der Waals surface area (Å²) in [6.07, 6.45) is 3.98. The van der Waals surface area contributed by atoms with E-state index in [1.165, 1.54) is 22.3 Å². The SMILES string of the molecule is O=C(NCC1CCCC1O)c1sccc1-n1cnnn1. The fraction of sp³-hybridized carbons (Fsp3) is 0.500. The maximum Gasteiger partial charge on any atom is 0.263 e. The summed E-state index contributed by atoms with van der Waals surface area (Å²) in [6.45, 7) is 0.507. The summed E-state index contributed by atoms with van der Waals surface area (Å²) in [4.78, 5) is 12.8. The van der Waals surface area contributed by atoms with Crippen molar-refractivity contribution in [3.63, 3.8) is 0 Å². The monoisotopic (exact) mass is 293 g/mol. The summed E-state index contributed by atoms with van der Waals surface area (Å²) >= 11 is 1.35. The molecule has 3 rings (SSSR count). The lowest BCUT2D eigenvalue weighted by Gasteiger charge is -2.14. The van der Waals surface area contributed by atoms with Crippen LogP contribution in [0.3, 0.4) is 0 Å². The number of thiophene rings is 1. The van der Waals surface area contributed by atoms with E-state index in [1.54, 1.807) is 6.07 Å². The van der Waals surface area contributed by atoms with Crippen LogP contribution >= 0.6 is 11.3 Å². The van der Waals surface area contributed by atoms with E-state index in [9.17, 15) is 9.90 Å². The van der Waals surface area contributed by atoms with Gasteiger partial charge in [0.05, 0.1) is 11.8 Å². The molecule has 1 aliphatic carbocycles. The normalized spacial score (nSPS) is 22.1. The predicted molar refractivity (Wildman–Crippen MR) is 72.7 cm³/mol. The lowest BCUT2D eigenvalue weighted by atomic mass is 10.1. The zero-order chi connectivity index (χ0) is 13.9.